The van der Waals surface area contributed by atoms with Crippen molar-refractivity contribution in [3.05, 3.63) is 18.2 Å². The summed E-state index contributed by atoms with van der Waals surface area (Å²) in [6, 6.07) is 0.287. The minimum absolute atomic E-state index is 0.109. The van der Waals surface area contributed by atoms with Crippen LogP contribution in [0.1, 0.15) is 38.1 Å². The fourth-order valence-electron chi connectivity index (χ4n) is 2.81. The molecule has 0 unspecified atom stereocenters. The summed E-state index contributed by atoms with van der Waals surface area (Å²) in [6.45, 7) is 2.73. The third kappa shape index (κ3) is 2.52. The first kappa shape index (κ1) is 12.7. The van der Waals surface area contributed by atoms with Crippen molar-refractivity contribution in [2.45, 2.75) is 38.3 Å². The van der Waals surface area contributed by atoms with Crippen LogP contribution in [0.2, 0.25) is 0 Å². The lowest BCUT2D eigenvalue weighted by Gasteiger charge is -2.20. The van der Waals surface area contributed by atoms with Crippen molar-refractivity contribution in [1.82, 2.24) is 14.9 Å². The van der Waals surface area contributed by atoms with Crippen LogP contribution in [0.5, 0.6) is 0 Å². The average molecular weight is 263 g/mol. The number of amides is 1. The van der Waals surface area contributed by atoms with E-state index >= 15 is 0 Å². The van der Waals surface area contributed by atoms with Gasteiger partial charge in [-0.3, -0.25) is 4.79 Å². The molecule has 5 heteroatoms. The third-order valence-electron chi connectivity index (χ3n) is 4.24. The van der Waals surface area contributed by atoms with Crippen LogP contribution >= 0.6 is 0 Å². The normalized spacial score (nSPS) is 28.3. The van der Waals surface area contributed by atoms with Crippen LogP contribution in [0.3, 0.4) is 0 Å². The first-order valence-corrected chi connectivity index (χ1v) is 7.06. The fourth-order valence-corrected chi connectivity index (χ4v) is 2.81. The van der Waals surface area contributed by atoms with Gasteiger partial charge in [-0.05, 0) is 32.1 Å². The number of nitrogens with zero attached hydrogens (tertiary/aromatic N) is 2. The van der Waals surface area contributed by atoms with Gasteiger partial charge in [-0.1, -0.05) is 0 Å². The number of rotatable bonds is 4. The first-order chi connectivity index (χ1) is 9.16. The summed E-state index contributed by atoms with van der Waals surface area (Å²) < 4.78 is 7.66. The van der Waals surface area contributed by atoms with Crippen LogP contribution in [-0.4, -0.2) is 28.1 Å². The molecule has 3 atom stereocenters. The average Bonchev–Trinajstić information content (AvgIpc) is 2.97. The van der Waals surface area contributed by atoms with Gasteiger partial charge in [0, 0.05) is 32.1 Å². The second-order valence-electron chi connectivity index (χ2n) is 5.72. The molecule has 1 aliphatic heterocycles. The Bertz CT molecular complexity index is 467. The van der Waals surface area contributed by atoms with Gasteiger partial charge in [-0.15, -0.1) is 0 Å². The summed E-state index contributed by atoms with van der Waals surface area (Å²) in [6.07, 6.45) is 6.70. The quantitative estimate of drug-likeness (QED) is 0.893. The van der Waals surface area contributed by atoms with Gasteiger partial charge >= 0.3 is 0 Å². The van der Waals surface area contributed by atoms with Crippen molar-refractivity contribution < 1.29 is 9.53 Å². The molecule has 5 nitrogen and oxygen atoms in total. The number of aromatic nitrogens is 2. The molecule has 0 bridgehead atoms. The molecule has 19 heavy (non-hydrogen) atoms. The van der Waals surface area contributed by atoms with E-state index in [1.807, 2.05) is 17.8 Å². The van der Waals surface area contributed by atoms with Gasteiger partial charge < -0.3 is 14.6 Å². The Balaban J connectivity index is 1.68. The zero-order valence-electron chi connectivity index (χ0n) is 11.5. The van der Waals surface area contributed by atoms with Crippen molar-refractivity contribution in [3.63, 3.8) is 0 Å². The van der Waals surface area contributed by atoms with E-state index in [0.29, 0.717) is 12.5 Å². The maximum absolute atomic E-state index is 12.4. The zero-order chi connectivity index (χ0) is 13.4. The summed E-state index contributed by atoms with van der Waals surface area (Å²) in [5.74, 6) is 1.53. The van der Waals surface area contributed by atoms with Crippen LogP contribution in [0, 0.1) is 11.8 Å². The van der Waals surface area contributed by atoms with E-state index in [9.17, 15) is 4.79 Å². The molecule has 1 aromatic rings. The number of hydrogen-bond donors (Lipinski definition) is 1. The number of aryl methyl sites for hydroxylation is 1. The van der Waals surface area contributed by atoms with E-state index in [1.165, 1.54) is 12.8 Å². The number of carbonyl (C=O) groups excluding carboxylic acids is 1. The van der Waals surface area contributed by atoms with E-state index < -0.39 is 0 Å². The van der Waals surface area contributed by atoms with Gasteiger partial charge in [0.25, 0.3) is 0 Å². The number of imidazole rings is 1. The SMILES string of the molecule is C[C@H](NC(=O)[C@@H]1CCO[C@H]1c1nccn1C)C1CC1. The van der Waals surface area contributed by atoms with Gasteiger partial charge in [-0.2, -0.15) is 0 Å². The highest BCUT2D eigenvalue weighted by Gasteiger charge is 2.39. The van der Waals surface area contributed by atoms with Crippen molar-refractivity contribution >= 4 is 5.91 Å². The van der Waals surface area contributed by atoms with Crippen LogP contribution in [-0.2, 0) is 16.6 Å². The van der Waals surface area contributed by atoms with Crippen molar-refractivity contribution in [2.75, 3.05) is 6.61 Å². The van der Waals surface area contributed by atoms with Crippen LogP contribution in [0.25, 0.3) is 0 Å². The molecule has 104 valence electrons. The number of ether oxygens (including phenoxy) is 1. The molecule has 2 aliphatic rings. The molecule has 3 rings (SSSR count). The molecule has 1 saturated heterocycles. The highest BCUT2D eigenvalue weighted by atomic mass is 16.5. The standard InChI is InChI=1S/C14H21N3O2/c1-9(10-3-4-10)16-14(18)11-5-8-19-12(11)13-15-6-7-17(13)2/h6-7,9-12H,3-5,8H2,1-2H3,(H,16,18)/t9-,11+,12+/m0/s1. The third-order valence-corrected chi connectivity index (χ3v) is 4.24. The zero-order valence-corrected chi connectivity index (χ0v) is 11.5. The molecular formula is C14H21N3O2. The molecule has 0 radical (unpaired) electrons. The van der Waals surface area contributed by atoms with Crippen molar-refractivity contribution in [1.29, 1.82) is 0 Å². The molecule has 2 fully saturated rings. The minimum Gasteiger partial charge on any atom is -0.369 e. The number of nitrogens with one attached hydrogen (secondary N) is 1. The predicted molar refractivity (Wildman–Crippen MR) is 70.3 cm³/mol. The minimum atomic E-state index is -0.202. The van der Waals surface area contributed by atoms with Crippen molar-refractivity contribution in [3.8, 4) is 0 Å². The second-order valence-corrected chi connectivity index (χ2v) is 5.72. The Labute approximate surface area is 113 Å². The van der Waals surface area contributed by atoms with E-state index in [-0.39, 0.29) is 24.0 Å². The molecule has 1 aliphatic carbocycles. The summed E-state index contributed by atoms with van der Waals surface area (Å²) in [5, 5.41) is 3.14. The second kappa shape index (κ2) is 4.96. The summed E-state index contributed by atoms with van der Waals surface area (Å²) in [4.78, 5) is 16.7. The molecule has 0 spiro atoms. The largest absolute Gasteiger partial charge is 0.369 e. The Morgan fingerprint density at radius 1 is 1.53 bits per heavy atom. The predicted octanol–water partition coefficient (Wildman–Crippen LogP) is 1.41. The monoisotopic (exact) mass is 263 g/mol. The summed E-state index contributed by atoms with van der Waals surface area (Å²) in [7, 11) is 1.94. The lowest BCUT2D eigenvalue weighted by molar-refractivity contribution is -0.127. The Morgan fingerprint density at radius 2 is 2.32 bits per heavy atom. The molecule has 1 N–H and O–H groups in total. The van der Waals surface area contributed by atoms with Gasteiger partial charge in [0.2, 0.25) is 5.91 Å². The van der Waals surface area contributed by atoms with Gasteiger partial charge in [0.1, 0.15) is 11.9 Å². The van der Waals surface area contributed by atoms with Gasteiger partial charge in [-0.25, -0.2) is 4.98 Å². The van der Waals surface area contributed by atoms with E-state index in [2.05, 4.69) is 17.2 Å². The lowest BCUT2D eigenvalue weighted by atomic mass is 9.99. The molecule has 1 aromatic heterocycles. The number of hydrogen-bond acceptors (Lipinski definition) is 3. The maximum atomic E-state index is 12.4. The summed E-state index contributed by atoms with van der Waals surface area (Å²) >= 11 is 0. The smallest absolute Gasteiger partial charge is 0.226 e. The topological polar surface area (TPSA) is 56.1 Å². The molecule has 1 amide bonds. The highest BCUT2D eigenvalue weighted by Crippen LogP contribution is 2.35. The fraction of sp³-hybridized carbons (Fsp3) is 0.714. The van der Waals surface area contributed by atoms with E-state index in [0.717, 1.165) is 12.2 Å². The lowest BCUT2D eigenvalue weighted by Crippen LogP contribution is -2.39. The molecular weight excluding hydrogens is 242 g/mol. The van der Waals surface area contributed by atoms with Crippen molar-refractivity contribution in [2.24, 2.45) is 18.9 Å². The summed E-state index contributed by atoms with van der Waals surface area (Å²) in [5.41, 5.74) is 0. The van der Waals surface area contributed by atoms with Crippen LogP contribution < -0.4 is 5.32 Å². The highest BCUT2D eigenvalue weighted by molar-refractivity contribution is 5.80. The number of carbonyl (C=O) groups is 1. The van der Waals surface area contributed by atoms with E-state index in [1.54, 1.807) is 6.20 Å². The van der Waals surface area contributed by atoms with Gasteiger partial charge in [0.05, 0.1) is 5.92 Å². The Hall–Kier alpha value is -1.36. The Morgan fingerprint density at radius 3 is 2.95 bits per heavy atom. The van der Waals surface area contributed by atoms with Crippen LogP contribution in [0.15, 0.2) is 12.4 Å². The van der Waals surface area contributed by atoms with Gasteiger partial charge in [0.15, 0.2) is 0 Å². The molecule has 2 heterocycles. The molecule has 0 aromatic carbocycles. The van der Waals surface area contributed by atoms with Crippen LogP contribution in [0.4, 0.5) is 0 Å². The van der Waals surface area contributed by atoms with E-state index in [4.69, 9.17) is 4.74 Å². The maximum Gasteiger partial charge on any atom is 0.226 e. The first-order valence-electron chi connectivity index (χ1n) is 7.06. The Kier molecular flexibility index (Phi) is 3.31. The molecule has 1 saturated carbocycles.